The Bertz CT molecular complexity index is 353. The highest BCUT2D eigenvalue weighted by Crippen LogP contribution is 2.34. The van der Waals surface area contributed by atoms with Crippen LogP contribution in [0.1, 0.15) is 77.6 Å². The standard InChI is InChI=1S/C18H33N3S/c1-2-11-21-16-9-6-10-17(21)13-15(12-16)20-18(22)19-14-7-4-3-5-8-14/h14-17H,2-13H2,1H3,(H2,19,20,22)/t15?,16-,17+. The second kappa shape index (κ2) is 7.96. The molecule has 2 heterocycles. The Morgan fingerprint density at radius 3 is 2.18 bits per heavy atom. The Hall–Kier alpha value is -0.350. The summed E-state index contributed by atoms with van der Waals surface area (Å²) in [5.41, 5.74) is 0. The van der Waals surface area contributed by atoms with Crippen LogP contribution in [0.5, 0.6) is 0 Å². The summed E-state index contributed by atoms with van der Waals surface area (Å²) in [4.78, 5) is 2.79. The molecule has 2 N–H and O–H groups in total. The molecule has 3 atom stereocenters. The number of thiocarbonyl (C=S) groups is 1. The molecule has 0 amide bonds. The zero-order chi connectivity index (χ0) is 15.4. The van der Waals surface area contributed by atoms with Crippen molar-refractivity contribution in [2.75, 3.05) is 6.54 Å². The maximum absolute atomic E-state index is 5.59. The zero-order valence-corrected chi connectivity index (χ0v) is 15.0. The van der Waals surface area contributed by atoms with Crippen LogP contribution in [0.2, 0.25) is 0 Å². The third kappa shape index (κ3) is 4.14. The average molecular weight is 324 g/mol. The molecule has 0 spiro atoms. The highest BCUT2D eigenvalue weighted by molar-refractivity contribution is 7.80. The second-order valence-electron chi connectivity index (χ2n) is 7.60. The molecule has 0 aromatic rings. The predicted octanol–water partition coefficient (Wildman–Crippen LogP) is 3.58. The summed E-state index contributed by atoms with van der Waals surface area (Å²) >= 11 is 5.59. The number of nitrogens with zero attached hydrogens (tertiary/aromatic N) is 1. The molecule has 3 rings (SSSR count). The molecular formula is C18H33N3S. The fourth-order valence-corrected chi connectivity index (χ4v) is 5.21. The second-order valence-corrected chi connectivity index (χ2v) is 8.01. The normalized spacial score (nSPS) is 33.4. The largest absolute Gasteiger partial charge is 0.360 e. The van der Waals surface area contributed by atoms with Gasteiger partial charge in [0.15, 0.2) is 5.11 Å². The molecule has 3 nitrogen and oxygen atoms in total. The van der Waals surface area contributed by atoms with Crippen LogP contribution in [0.15, 0.2) is 0 Å². The number of rotatable bonds is 4. The quantitative estimate of drug-likeness (QED) is 0.773. The Labute approximate surface area is 141 Å². The van der Waals surface area contributed by atoms with Gasteiger partial charge in [-0.05, 0) is 63.7 Å². The molecule has 1 unspecified atom stereocenters. The molecule has 3 fully saturated rings. The molecule has 0 aromatic heterocycles. The van der Waals surface area contributed by atoms with Crippen LogP contribution in [0, 0.1) is 0 Å². The number of fused-ring (bicyclic) bond motifs is 2. The monoisotopic (exact) mass is 323 g/mol. The van der Waals surface area contributed by atoms with Gasteiger partial charge in [0, 0.05) is 24.2 Å². The lowest BCUT2D eigenvalue weighted by molar-refractivity contribution is 0.0282. The Kier molecular flexibility index (Phi) is 5.97. The van der Waals surface area contributed by atoms with Crippen molar-refractivity contribution in [1.29, 1.82) is 0 Å². The van der Waals surface area contributed by atoms with Crippen LogP contribution in [-0.4, -0.2) is 40.7 Å². The van der Waals surface area contributed by atoms with Crippen LogP contribution in [0.4, 0.5) is 0 Å². The first-order valence-corrected chi connectivity index (χ1v) is 10.00. The first kappa shape index (κ1) is 16.5. The first-order valence-electron chi connectivity index (χ1n) is 9.59. The van der Waals surface area contributed by atoms with E-state index in [9.17, 15) is 0 Å². The van der Waals surface area contributed by atoms with Gasteiger partial charge < -0.3 is 10.6 Å². The van der Waals surface area contributed by atoms with Crippen molar-refractivity contribution < 1.29 is 0 Å². The summed E-state index contributed by atoms with van der Waals surface area (Å²) in [6, 6.07) is 2.80. The van der Waals surface area contributed by atoms with E-state index in [2.05, 4.69) is 22.5 Å². The topological polar surface area (TPSA) is 27.3 Å². The van der Waals surface area contributed by atoms with Crippen molar-refractivity contribution in [3.63, 3.8) is 0 Å². The van der Waals surface area contributed by atoms with Gasteiger partial charge in [0.2, 0.25) is 0 Å². The van der Waals surface area contributed by atoms with Crippen molar-refractivity contribution in [2.24, 2.45) is 0 Å². The lowest BCUT2D eigenvalue weighted by Gasteiger charge is -2.49. The van der Waals surface area contributed by atoms with Crippen LogP contribution in [-0.2, 0) is 0 Å². The molecule has 22 heavy (non-hydrogen) atoms. The summed E-state index contributed by atoms with van der Waals surface area (Å²) in [6.07, 6.45) is 14.8. The third-order valence-electron chi connectivity index (χ3n) is 5.88. The number of hydrogen-bond donors (Lipinski definition) is 2. The molecule has 1 aliphatic carbocycles. The lowest BCUT2D eigenvalue weighted by Crippen LogP contribution is -2.58. The van der Waals surface area contributed by atoms with E-state index in [1.165, 1.54) is 77.2 Å². The van der Waals surface area contributed by atoms with Gasteiger partial charge in [0.05, 0.1) is 0 Å². The van der Waals surface area contributed by atoms with E-state index in [0.717, 1.165) is 17.2 Å². The molecule has 0 aromatic carbocycles. The Balaban J connectivity index is 1.48. The van der Waals surface area contributed by atoms with E-state index < -0.39 is 0 Å². The first-order chi connectivity index (χ1) is 10.8. The van der Waals surface area contributed by atoms with E-state index in [0.29, 0.717) is 12.1 Å². The van der Waals surface area contributed by atoms with E-state index in [-0.39, 0.29) is 0 Å². The minimum absolute atomic E-state index is 0.590. The average Bonchev–Trinajstić information content (AvgIpc) is 2.49. The summed E-state index contributed by atoms with van der Waals surface area (Å²) < 4.78 is 0. The van der Waals surface area contributed by atoms with Crippen molar-refractivity contribution >= 4 is 17.3 Å². The summed E-state index contributed by atoms with van der Waals surface area (Å²) in [7, 11) is 0. The molecular weight excluding hydrogens is 290 g/mol. The highest BCUT2D eigenvalue weighted by Gasteiger charge is 2.37. The molecule has 2 aliphatic heterocycles. The van der Waals surface area contributed by atoms with Gasteiger partial charge in [-0.1, -0.05) is 32.6 Å². The van der Waals surface area contributed by atoms with Crippen LogP contribution in [0.25, 0.3) is 0 Å². The smallest absolute Gasteiger partial charge is 0.166 e. The third-order valence-corrected chi connectivity index (χ3v) is 6.12. The van der Waals surface area contributed by atoms with Gasteiger partial charge >= 0.3 is 0 Å². The van der Waals surface area contributed by atoms with Crippen LogP contribution < -0.4 is 10.6 Å². The Morgan fingerprint density at radius 2 is 1.55 bits per heavy atom. The van der Waals surface area contributed by atoms with E-state index in [4.69, 9.17) is 12.2 Å². The number of nitrogens with one attached hydrogen (secondary N) is 2. The zero-order valence-electron chi connectivity index (χ0n) is 14.2. The molecule has 4 heteroatoms. The van der Waals surface area contributed by atoms with E-state index >= 15 is 0 Å². The van der Waals surface area contributed by atoms with Gasteiger partial charge in [-0.2, -0.15) is 0 Å². The van der Waals surface area contributed by atoms with Gasteiger partial charge in [0.25, 0.3) is 0 Å². The maximum Gasteiger partial charge on any atom is 0.166 e. The molecule has 0 radical (unpaired) electrons. The fourth-order valence-electron chi connectivity index (χ4n) is 4.88. The minimum atomic E-state index is 0.590. The van der Waals surface area contributed by atoms with E-state index in [1.54, 1.807) is 0 Å². The Morgan fingerprint density at radius 1 is 0.909 bits per heavy atom. The highest BCUT2D eigenvalue weighted by atomic mass is 32.1. The van der Waals surface area contributed by atoms with Crippen molar-refractivity contribution in [3.05, 3.63) is 0 Å². The molecule has 126 valence electrons. The minimum Gasteiger partial charge on any atom is -0.360 e. The molecule has 1 saturated carbocycles. The van der Waals surface area contributed by atoms with E-state index in [1.807, 2.05) is 0 Å². The summed E-state index contributed by atoms with van der Waals surface area (Å²) in [6.45, 7) is 3.59. The van der Waals surface area contributed by atoms with Gasteiger partial charge in [-0.15, -0.1) is 0 Å². The van der Waals surface area contributed by atoms with Gasteiger partial charge in [0.1, 0.15) is 0 Å². The maximum atomic E-state index is 5.59. The molecule has 2 bridgehead atoms. The van der Waals surface area contributed by atoms with Crippen molar-refractivity contribution in [2.45, 2.75) is 102 Å². The van der Waals surface area contributed by atoms with Crippen molar-refractivity contribution in [3.8, 4) is 0 Å². The van der Waals surface area contributed by atoms with Gasteiger partial charge in [-0.3, -0.25) is 4.90 Å². The molecule has 2 saturated heterocycles. The van der Waals surface area contributed by atoms with Crippen molar-refractivity contribution in [1.82, 2.24) is 15.5 Å². The summed E-state index contributed by atoms with van der Waals surface area (Å²) in [5, 5.41) is 8.14. The number of hydrogen-bond acceptors (Lipinski definition) is 2. The summed E-state index contributed by atoms with van der Waals surface area (Å²) in [5.74, 6) is 0. The fraction of sp³-hybridized carbons (Fsp3) is 0.944. The number of piperidine rings is 2. The lowest BCUT2D eigenvalue weighted by atomic mass is 9.81. The van der Waals surface area contributed by atoms with Crippen LogP contribution >= 0.6 is 12.2 Å². The SMILES string of the molecule is CCCN1[C@@H]2CCC[C@H]1CC(NC(=S)NC1CCCCC1)C2. The molecule has 3 aliphatic rings. The van der Waals surface area contributed by atoms with Crippen LogP contribution in [0.3, 0.4) is 0 Å². The predicted molar refractivity (Wildman–Crippen MR) is 97.2 cm³/mol. The van der Waals surface area contributed by atoms with Gasteiger partial charge in [-0.25, -0.2) is 0 Å².